The highest BCUT2D eigenvalue weighted by Gasteiger charge is 2.52. The van der Waals surface area contributed by atoms with Crippen LogP contribution >= 0.6 is 0 Å². The summed E-state index contributed by atoms with van der Waals surface area (Å²) >= 11 is 0. The number of carbonyl (C=O) groups is 1. The van der Waals surface area contributed by atoms with E-state index in [4.69, 9.17) is 9.16 Å². The largest absolute Gasteiger partial charge is 0.534 e. The van der Waals surface area contributed by atoms with Crippen molar-refractivity contribution in [3.63, 3.8) is 0 Å². The van der Waals surface area contributed by atoms with Crippen molar-refractivity contribution in [2.75, 3.05) is 6.61 Å². The van der Waals surface area contributed by atoms with Crippen molar-refractivity contribution >= 4 is 35.4 Å². The number of hydrogen-bond acceptors (Lipinski definition) is 3. The number of esters is 1. The Kier molecular flexibility index (Phi) is 6.76. The van der Waals surface area contributed by atoms with Crippen LogP contribution in [0.2, 0.25) is 5.04 Å². The summed E-state index contributed by atoms with van der Waals surface area (Å²) in [6.07, 6.45) is 0. The molecule has 0 N–H and O–H groups in total. The molecule has 4 rings (SSSR count). The number of halogens is 2. The van der Waals surface area contributed by atoms with Crippen molar-refractivity contribution in [1.29, 1.82) is 0 Å². The molecule has 4 aromatic carbocycles. The van der Waals surface area contributed by atoms with E-state index in [-0.39, 0.29) is 22.6 Å². The summed E-state index contributed by atoms with van der Waals surface area (Å²) in [7, 11) is -3.08. The second kappa shape index (κ2) is 9.62. The summed E-state index contributed by atoms with van der Waals surface area (Å²) in [6, 6.07) is 25.4. The summed E-state index contributed by atoms with van der Waals surface area (Å²) in [5.74, 6) is -2.32. The minimum atomic E-state index is -3.08. The van der Waals surface area contributed by atoms with Crippen molar-refractivity contribution in [2.24, 2.45) is 0 Å². The molecule has 0 radical (unpaired) electrons. The first kappa shape index (κ1) is 24.6. The highest BCUT2D eigenvalue weighted by atomic mass is 28.4. The SMILES string of the molecule is CCOC(=O)c1cc(O[Si](c2ccccc2)(c2ccccc2)C(C)(C)C)c2ccc(F)c(F)c2c1. The first-order chi connectivity index (χ1) is 16.7. The topological polar surface area (TPSA) is 35.5 Å². The Morgan fingerprint density at radius 2 is 1.40 bits per heavy atom. The molecule has 0 aliphatic carbocycles. The minimum Gasteiger partial charge on any atom is -0.534 e. The van der Waals surface area contributed by atoms with Crippen molar-refractivity contribution in [2.45, 2.75) is 32.7 Å². The van der Waals surface area contributed by atoms with Gasteiger partial charge in [0.25, 0.3) is 0 Å². The van der Waals surface area contributed by atoms with E-state index in [1.807, 2.05) is 60.7 Å². The van der Waals surface area contributed by atoms with Crippen LogP contribution in [0.4, 0.5) is 8.78 Å². The molecule has 3 nitrogen and oxygen atoms in total. The molecule has 0 bridgehead atoms. The Labute approximate surface area is 205 Å². The molecule has 180 valence electrons. The molecule has 0 aromatic heterocycles. The van der Waals surface area contributed by atoms with Crippen LogP contribution in [0.25, 0.3) is 10.8 Å². The van der Waals surface area contributed by atoms with Crippen LogP contribution < -0.4 is 14.8 Å². The lowest BCUT2D eigenvalue weighted by Gasteiger charge is -2.43. The maximum Gasteiger partial charge on any atom is 0.338 e. The third-order valence-corrected chi connectivity index (χ3v) is 11.1. The summed E-state index contributed by atoms with van der Waals surface area (Å²) < 4.78 is 41.4. The van der Waals surface area contributed by atoms with Gasteiger partial charge >= 0.3 is 14.3 Å². The standard InChI is InChI=1S/C29H28F2O3Si/c1-5-33-28(32)20-18-24-23(16-17-25(30)27(24)31)26(19-20)34-35(29(2,3)4,21-12-8-6-9-13-21)22-14-10-7-11-15-22/h6-19H,5H2,1-4H3. The van der Waals surface area contributed by atoms with E-state index in [2.05, 4.69) is 20.8 Å². The normalized spacial score (nSPS) is 11.9. The van der Waals surface area contributed by atoms with E-state index in [9.17, 15) is 13.6 Å². The second-order valence-corrected chi connectivity index (χ2v) is 13.6. The third kappa shape index (κ3) is 4.46. The predicted molar refractivity (Wildman–Crippen MR) is 138 cm³/mol. The maximum atomic E-state index is 14.9. The van der Waals surface area contributed by atoms with Crippen LogP contribution in [0, 0.1) is 11.6 Å². The van der Waals surface area contributed by atoms with Gasteiger partial charge in [-0.15, -0.1) is 0 Å². The van der Waals surface area contributed by atoms with Crippen molar-refractivity contribution in [3.8, 4) is 5.75 Å². The van der Waals surface area contributed by atoms with E-state index < -0.39 is 25.9 Å². The number of fused-ring (bicyclic) bond motifs is 1. The molecule has 0 heterocycles. The fourth-order valence-corrected chi connectivity index (χ4v) is 9.00. The molecule has 0 aliphatic rings. The molecule has 4 aromatic rings. The van der Waals surface area contributed by atoms with Gasteiger partial charge < -0.3 is 9.16 Å². The van der Waals surface area contributed by atoms with E-state index in [1.54, 1.807) is 13.0 Å². The van der Waals surface area contributed by atoms with Gasteiger partial charge in [-0.3, -0.25) is 0 Å². The van der Waals surface area contributed by atoms with Crippen molar-refractivity contribution < 1.29 is 22.7 Å². The predicted octanol–water partition coefficient (Wildman–Crippen LogP) is 6.23. The number of benzene rings is 4. The van der Waals surface area contributed by atoms with Gasteiger partial charge in [0.2, 0.25) is 0 Å². The lowest BCUT2D eigenvalue weighted by atomic mass is 10.0. The Balaban J connectivity index is 2.05. The molecule has 0 saturated heterocycles. The van der Waals surface area contributed by atoms with Gasteiger partial charge in [-0.2, -0.15) is 0 Å². The van der Waals surface area contributed by atoms with Crippen LogP contribution in [0.1, 0.15) is 38.1 Å². The second-order valence-electron chi connectivity index (χ2n) is 9.42. The van der Waals surface area contributed by atoms with E-state index in [1.165, 1.54) is 12.1 Å². The Morgan fingerprint density at radius 3 is 1.91 bits per heavy atom. The first-order valence-electron chi connectivity index (χ1n) is 11.6. The van der Waals surface area contributed by atoms with Gasteiger partial charge in [0.15, 0.2) is 11.6 Å². The van der Waals surface area contributed by atoms with Crippen LogP contribution in [-0.2, 0) is 4.74 Å². The van der Waals surface area contributed by atoms with Gasteiger partial charge in [-0.1, -0.05) is 81.4 Å². The summed E-state index contributed by atoms with van der Waals surface area (Å²) in [4.78, 5) is 12.7. The van der Waals surface area contributed by atoms with Gasteiger partial charge in [-0.05, 0) is 46.6 Å². The van der Waals surface area contributed by atoms with E-state index in [0.29, 0.717) is 11.1 Å². The average molecular weight is 491 g/mol. The first-order valence-corrected chi connectivity index (χ1v) is 13.5. The van der Waals surface area contributed by atoms with Gasteiger partial charge in [-0.25, -0.2) is 13.6 Å². The molecule has 6 heteroatoms. The van der Waals surface area contributed by atoms with Crippen LogP contribution in [-0.4, -0.2) is 20.9 Å². The lowest BCUT2D eigenvalue weighted by Crippen LogP contribution is -2.68. The fraction of sp³-hybridized carbons (Fsp3) is 0.207. The van der Waals surface area contributed by atoms with Crippen LogP contribution in [0.15, 0.2) is 84.9 Å². The molecule has 35 heavy (non-hydrogen) atoms. The number of rotatable bonds is 6. The van der Waals surface area contributed by atoms with Gasteiger partial charge in [0.05, 0.1) is 12.2 Å². The summed E-state index contributed by atoms with van der Waals surface area (Å²) in [5, 5.41) is 2.06. The zero-order chi connectivity index (χ0) is 25.2. The number of ether oxygens (including phenoxy) is 1. The monoisotopic (exact) mass is 490 g/mol. The zero-order valence-electron chi connectivity index (χ0n) is 20.3. The van der Waals surface area contributed by atoms with Gasteiger partial charge in [0, 0.05) is 10.8 Å². The van der Waals surface area contributed by atoms with Crippen LogP contribution in [0.3, 0.4) is 0 Å². The third-order valence-electron chi connectivity index (χ3n) is 6.18. The fourth-order valence-electron chi connectivity index (χ4n) is 4.57. The Morgan fingerprint density at radius 1 is 0.829 bits per heavy atom. The van der Waals surface area contributed by atoms with E-state index in [0.717, 1.165) is 16.4 Å². The van der Waals surface area contributed by atoms with Crippen molar-refractivity contribution in [3.05, 3.63) is 102 Å². The molecule has 0 spiro atoms. The lowest BCUT2D eigenvalue weighted by molar-refractivity contribution is 0.0526. The molecular weight excluding hydrogens is 462 g/mol. The number of carbonyl (C=O) groups excluding carboxylic acids is 1. The molecule has 0 unspecified atom stereocenters. The number of hydrogen-bond donors (Lipinski definition) is 0. The highest BCUT2D eigenvalue weighted by molar-refractivity contribution is 7.00. The van der Waals surface area contributed by atoms with Crippen molar-refractivity contribution in [1.82, 2.24) is 0 Å². The molecule has 0 saturated carbocycles. The highest BCUT2D eigenvalue weighted by Crippen LogP contribution is 2.40. The van der Waals surface area contributed by atoms with Gasteiger partial charge in [0.1, 0.15) is 5.75 Å². The molecule has 0 aliphatic heterocycles. The molecule has 0 amide bonds. The molecular formula is C29H28F2O3Si. The van der Waals surface area contributed by atoms with E-state index >= 15 is 0 Å². The Bertz CT molecular complexity index is 1310. The molecule has 0 atom stereocenters. The average Bonchev–Trinajstić information content (AvgIpc) is 2.85. The van der Waals surface area contributed by atoms with Crippen LogP contribution in [0.5, 0.6) is 5.75 Å². The summed E-state index contributed by atoms with van der Waals surface area (Å²) in [6.45, 7) is 8.22. The molecule has 0 fully saturated rings. The quantitative estimate of drug-likeness (QED) is 0.237. The minimum absolute atomic E-state index is 0.0246. The summed E-state index contributed by atoms with van der Waals surface area (Å²) in [5.41, 5.74) is 0.108. The Hall–Kier alpha value is -3.51. The maximum absolute atomic E-state index is 14.9. The zero-order valence-corrected chi connectivity index (χ0v) is 21.3. The smallest absolute Gasteiger partial charge is 0.338 e.